The summed E-state index contributed by atoms with van der Waals surface area (Å²) in [5, 5.41) is 0.290. The second kappa shape index (κ2) is 4.25. The first-order valence-corrected chi connectivity index (χ1v) is 5.96. The minimum absolute atomic E-state index is 0.170. The molecule has 0 aromatic carbocycles. The summed E-state index contributed by atoms with van der Waals surface area (Å²) < 4.78 is 25.5. The number of aryl methyl sites for hydroxylation is 1. The minimum Gasteiger partial charge on any atom is -0.240 e. The van der Waals surface area contributed by atoms with Crippen molar-refractivity contribution in [3.05, 3.63) is 23.0 Å². The van der Waals surface area contributed by atoms with E-state index in [2.05, 4.69) is 9.71 Å². The Morgan fingerprint density at radius 1 is 1.50 bits per heavy atom. The van der Waals surface area contributed by atoms with Crippen LogP contribution in [0.3, 0.4) is 0 Å². The third kappa shape index (κ3) is 2.43. The van der Waals surface area contributed by atoms with Crippen molar-refractivity contribution in [2.45, 2.75) is 18.7 Å². The molecule has 78 valence electrons. The maximum Gasteiger partial charge on any atom is 0.242 e. The van der Waals surface area contributed by atoms with E-state index in [1.807, 2.05) is 0 Å². The van der Waals surface area contributed by atoms with Gasteiger partial charge in [-0.3, -0.25) is 0 Å². The van der Waals surface area contributed by atoms with Crippen molar-refractivity contribution in [1.29, 1.82) is 0 Å². The number of rotatable bonds is 3. The lowest BCUT2D eigenvalue weighted by Crippen LogP contribution is -2.24. The molecule has 4 nitrogen and oxygen atoms in total. The summed E-state index contributed by atoms with van der Waals surface area (Å²) in [7, 11) is -3.43. The van der Waals surface area contributed by atoms with E-state index in [0.29, 0.717) is 12.2 Å². The van der Waals surface area contributed by atoms with Crippen molar-refractivity contribution in [2.24, 2.45) is 0 Å². The Kier molecular flexibility index (Phi) is 3.47. The Morgan fingerprint density at radius 2 is 2.14 bits per heavy atom. The van der Waals surface area contributed by atoms with Crippen LogP contribution in [-0.4, -0.2) is 19.9 Å². The quantitative estimate of drug-likeness (QED) is 0.803. The van der Waals surface area contributed by atoms with Crippen LogP contribution in [0.1, 0.15) is 12.6 Å². The van der Waals surface area contributed by atoms with E-state index in [9.17, 15) is 8.42 Å². The molecule has 0 aliphatic carbocycles. The molecule has 0 aliphatic rings. The lowest BCUT2D eigenvalue weighted by molar-refractivity contribution is 0.582. The average molecular weight is 235 g/mol. The second-order valence-corrected chi connectivity index (χ2v) is 4.84. The van der Waals surface area contributed by atoms with Crippen molar-refractivity contribution in [2.75, 3.05) is 6.54 Å². The van der Waals surface area contributed by atoms with Gasteiger partial charge >= 0.3 is 0 Å². The van der Waals surface area contributed by atoms with Crippen molar-refractivity contribution < 1.29 is 8.42 Å². The summed E-state index contributed by atoms with van der Waals surface area (Å²) in [6.07, 6.45) is 0. The maximum atomic E-state index is 11.6. The van der Waals surface area contributed by atoms with Crippen LogP contribution in [0.5, 0.6) is 0 Å². The molecule has 0 amide bonds. The fraction of sp³-hybridized carbons (Fsp3) is 0.375. The SMILES string of the molecule is CCNS(=O)(=O)c1ccc(Cl)nc1C. The van der Waals surface area contributed by atoms with E-state index in [4.69, 9.17) is 11.6 Å². The van der Waals surface area contributed by atoms with E-state index in [0.717, 1.165) is 0 Å². The molecular weight excluding hydrogens is 224 g/mol. The van der Waals surface area contributed by atoms with Crippen molar-refractivity contribution in [3.63, 3.8) is 0 Å². The molecule has 0 radical (unpaired) electrons. The lowest BCUT2D eigenvalue weighted by atomic mass is 10.4. The van der Waals surface area contributed by atoms with Gasteiger partial charge in [-0.05, 0) is 19.1 Å². The van der Waals surface area contributed by atoms with Gasteiger partial charge in [0.1, 0.15) is 10.0 Å². The molecule has 1 N–H and O–H groups in total. The molecule has 0 saturated carbocycles. The smallest absolute Gasteiger partial charge is 0.240 e. The van der Waals surface area contributed by atoms with Crippen LogP contribution in [-0.2, 0) is 10.0 Å². The Morgan fingerprint density at radius 3 is 2.64 bits per heavy atom. The predicted molar refractivity (Wildman–Crippen MR) is 54.8 cm³/mol. The van der Waals surface area contributed by atoms with Gasteiger partial charge in [-0.25, -0.2) is 18.1 Å². The molecule has 0 atom stereocenters. The summed E-state index contributed by atoms with van der Waals surface area (Å²) >= 11 is 5.62. The average Bonchev–Trinajstić information content (AvgIpc) is 2.02. The number of hydrogen-bond donors (Lipinski definition) is 1. The first-order chi connectivity index (χ1) is 6.47. The lowest BCUT2D eigenvalue weighted by Gasteiger charge is -2.06. The Hall–Kier alpha value is -0.650. The molecule has 14 heavy (non-hydrogen) atoms. The van der Waals surface area contributed by atoms with Crippen LogP contribution in [0.15, 0.2) is 17.0 Å². The van der Waals surface area contributed by atoms with Crippen molar-refractivity contribution >= 4 is 21.6 Å². The van der Waals surface area contributed by atoms with Crippen LogP contribution in [0.2, 0.25) is 5.15 Å². The number of halogens is 1. The number of nitrogens with one attached hydrogen (secondary N) is 1. The number of sulfonamides is 1. The topological polar surface area (TPSA) is 59.1 Å². The number of nitrogens with zero attached hydrogens (tertiary/aromatic N) is 1. The molecule has 0 aliphatic heterocycles. The van der Waals surface area contributed by atoms with Gasteiger partial charge in [0.05, 0.1) is 5.69 Å². The molecule has 0 fully saturated rings. The highest BCUT2D eigenvalue weighted by molar-refractivity contribution is 7.89. The third-order valence-corrected chi connectivity index (χ3v) is 3.52. The van der Waals surface area contributed by atoms with E-state index in [-0.39, 0.29) is 10.0 Å². The normalized spacial score (nSPS) is 11.6. The number of hydrogen-bond acceptors (Lipinski definition) is 3. The predicted octanol–water partition coefficient (Wildman–Crippen LogP) is 1.34. The molecule has 1 aromatic heterocycles. The van der Waals surface area contributed by atoms with E-state index in [1.54, 1.807) is 13.8 Å². The Bertz CT molecular complexity index is 431. The summed E-state index contributed by atoms with van der Waals surface area (Å²) in [5.74, 6) is 0. The molecule has 1 rings (SSSR count). The molecule has 6 heteroatoms. The van der Waals surface area contributed by atoms with Crippen LogP contribution >= 0.6 is 11.6 Å². The van der Waals surface area contributed by atoms with Crippen LogP contribution in [0, 0.1) is 6.92 Å². The summed E-state index contributed by atoms with van der Waals surface area (Å²) in [5.41, 5.74) is 0.401. The highest BCUT2D eigenvalue weighted by atomic mass is 35.5. The summed E-state index contributed by atoms with van der Waals surface area (Å²) in [6.45, 7) is 3.68. The molecular formula is C8H11ClN2O2S. The molecule has 0 spiro atoms. The van der Waals surface area contributed by atoms with Crippen molar-refractivity contribution in [1.82, 2.24) is 9.71 Å². The monoisotopic (exact) mass is 234 g/mol. The highest BCUT2D eigenvalue weighted by Gasteiger charge is 2.16. The third-order valence-electron chi connectivity index (χ3n) is 1.63. The van der Waals surface area contributed by atoms with Crippen LogP contribution < -0.4 is 4.72 Å². The van der Waals surface area contributed by atoms with Gasteiger partial charge in [-0.2, -0.15) is 0 Å². The fourth-order valence-corrected chi connectivity index (χ4v) is 2.48. The van der Waals surface area contributed by atoms with Crippen LogP contribution in [0.4, 0.5) is 0 Å². The van der Waals surface area contributed by atoms with Gasteiger partial charge in [-0.15, -0.1) is 0 Å². The Labute approximate surface area is 88.4 Å². The zero-order valence-corrected chi connectivity index (χ0v) is 9.48. The maximum absolute atomic E-state index is 11.6. The first kappa shape index (κ1) is 11.4. The zero-order chi connectivity index (χ0) is 10.8. The van der Waals surface area contributed by atoms with E-state index in [1.165, 1.54) is 12.1 Å². The Balaban J connectivity index is 3.20. The summed E-state index contributed by atoms with van der Waals surface area (Å²) in [6, 6.07) is 2.90. The summed E-state index contributed by atoms with van der Waals surface area (Å²) in [4.78, 5) is 4.04. The molecule has 0 unspecified atom stereocenters. The first-order valence-electron chi connectivity index (χ1n) is 4.10. The minimum atomic E-state index is -3.43. The van der Waals surface area contributed by atoms with Crippen molar-refractivity contribution in [3.8, 4) is 0 Å². The van der Waals surface area contributed by atoms with Gasteiger partial charge in [0.15, 0.2) is 0 Å². The van der Waals surface area contributed by atoms with Gasteiger partial charge in [-0.1, -0.05) is 18.5 Å². The van der Waals surface area contributed by atoms with Gasteiger partial charge in [0.25, 0.3) is 0 Å². The standard InChI is InChI=1S/C8H11ClN2O2S/c1-3-10-14(12,13)7-4-5-8(9)11-6(7)2/h4-5,10H,3H2,1-2H3. The molecule has 1 aromatic rings. The molecule has 0 bridgehead atoms. The number of aromatic nitrogens is 1. The number of pyridine rings is 1. The van der Waals surface area contributed by atoms with Gasteiger partial charge < -0.3 is 0 Å². The van der Waals surface area contributed by atoms with Gasteiger partial charge in [0.2, 0.25) is 10.0 Å². The van der Waals surface area contributed by atoms with Crippen LogP contribution in [0.25, 0.3) is 0 Å². The van der Waals surface area contributed by atoms with E-state index < -0.39 is 10.0 Å². The second-order valence-electron chi connectivity index (χ2n) is 2.72. The zero-order valence-electron chi connectivity index (χ0n) is 7.91. The van der Waals surface area contributed by atoms with Gasteiger partial charge in [0, 0.05) is 6.54 Å². The molecule has 0 saturated heterocycles. The largest absolute Gasteiger partial charge is 0.242 e. The molecule has 1 heterocycles. The fourth-order valence-electron chi connectivity index (χ4n) is 1.07. The highest BCUT2D eigenvalue weighted by Crippen LogP contribution is 2.15. The van der Waals surface area contributed by atoms with E-state index >= 15 is 0 Å².